The number of aliphatic hydroxyl groups is 1. The fraction of sp³-hybridized carbons (Fsp3) is 0.682. The summed E-state index contributed by atoms with van der Waals surface area (Å²) in [6, 6.07) is 11.2. The Labute approximate surface area is 197 Å². The lowest BCUT2D eigenvalue weighted by Gasteiger charge is -2.44. The number of halogens is 1. The molecule has 3 N–H and O–H groups in total. The van der Waals surface area contributed by atoms with E-state index in [4.69, 9.17) is 4.99 Å². The van der Waals surface area contributed by atoms with Gasteiger partial charge in [-0.25, -0.2) is 0 Å². The summed E-state index contributed by atoms with van der Waals surface area (Å²) in [6.07, 6.45) is 4.44. The van der Waals surface area contributed by atoms with Crippen LogP contribution in [0, 0.1) is 0 Å². The molecule has 29 heavy (non-hydrogen) atoms. The smallest absolute Gasteiger partial charge is 0.191 e. The molecule has 3 unspecified atom stereocenters. The van der Waals surface area contributed by atoms with Gasteiger partial charge in [-0.15, -0.1) is 24.0 Å². The van der Waals surface area contributed by atoms with Crippen molar-refractivity contribution in [1.82, 2.24) is 15.5 Å². The summed E-state index contributed by atoms with van der Waals surface area (Å²) in [5.41, 5.74) is 0.747. The highest BCUT2D eigenvalue weighted by atomic mass is 127. The van der Waals surface area contributed by atoms with Crippen LogP contribution in [-0.4, -0.2) is 64.8 Å². The molecule has 2 fully saturated rings. The summed E-state index contributed by atoms with van der Waals surface area (Å²) < 4.78 is 0. The summed E-state index contributed by atoms with van der Waals surface area (Å²) in [4.78, 5) is 7.29. The number of aliphatic imine (C=N–C) groups is 1. The van der Waals surface area contributed by atoms with Crippen LogP contribution in [0.1, 0.15) is 45.1 Å². The predicted octanol–water partition coefficient (Wildman–Crippen LogP) is 3.47. The zero-order valence-corrected chi connectivity index (χ0v) is 20.9. The molecule has 0 radical (unpaired) electrons. The lowest BCUT2D eigenvalue weighted by molar-refractivity contribution is -0.0154. The second-order valence-electron chi connectivity index (χ2n) is 7.91. The highest BCUT2D eigenvalue weighted by Crippen LogP contribution is 2.41. The molecule has 1 heterocycles. The summed E-state index contributed by atoms with van der Waals surface area (Å²) >= 11 is 1.86. The monoisotopic (exact) mass is 532 g/mol. The van der Waals surface area contributed by atoms with E-state index in [1.54, 1.807) is 0 Å². The first-order valence-corrected chi connectivity index (χ1v) is 11.8. The number of hydrogen-bond acceptors (Lipinski definition) is 4. The number of guanidine groups is 1. The van der Waals surface area contributed by atoms with E-state index >= 15 is 0 Å². The van der Waals surface area contributed by atoms with Gasteiger partial charge in [0.05, 0.1) is 12.1 Å². The third kappa shape index (κ3) is 7.01. The minimum absolute atomic E-state index is 0. The molecule has 7 heteroatoms. The van der Waals surface area contributed by atoms with E-state index in [1.807, 2.05) is 11.8 Å². The van der Waals surface area contributed by atoms with Gasteiger partial charge in [0.1, 0.15) is 0 Å². The quantitative estimate of drug-likeness (QED) is 0.259. The van der Waals surface area contributed by atoms with Gasteiger partial charge >= 0.3 is 0 Å². The lowest BCUT2D eigenvalue weighted by Crippen LogP contribution is -2.53. The van der Waals surface area contributed by atoms with Crippen molar-refractivity contribution >= 4 is 41.7 Å². The van der Waals surface area contributed by atoms with Crippen LogP contribution in [0.5, 0.6) is 0 Å². The molecule has 2 aliphatic rings. The zero-order chi connectivity index (χ0) is 19.8. The van der Waals surface area contributed by atoms with Crippen molar-refractivity contribution in [1.29, 1.82) is 0 Å². The molecule has 5 nitrogen and oxygen atoms in total. The van der Waals surface area contributed by atoms with Crippen molar-refractivity contribution in [2.24, 2.45) is 4.99 Å². The molecule has 0 amide bonds. The van der Waals surface area contributed by atoms with E-state index in [9.17, 15) is 5.11 Å². The average Bonchev–Trinajstić information content (AvgIpc) is 3.15. The number of likely N-dealkylation sites (tertiary alicyclic amines) is 1. The first-order chi connectivity index (χ1) is 13.6. The highest BCUT2D eigenvalue weighted by molar-refractivity contribution is 14.0. The van der Waals surface area contributed by atoms with Gasteiger partial charge in [-0.1, -0.05) is 37.3 Å². The Morgan fingerprint density at radius 3 is 2.69 bits per heavy atom. The van der Waals surface area contributed by atoms with Gasteiger partial charge in [0.15, 0.2) is 5.96 Å². The number of benzene rings is 1. The van der Waals surface area contributed by atoms with Gasteiger partial charge in [-0.2, -0.15) is 11.8 Å². The van der Waals surface area contributed by atoms with Crippen LogP contribution in [0.25, 0.3) is 0 Å². The van der Waals surface area contributed by atoms with Crippen molar-refractivity contribution in [3.8, 4) is 0 Å². The van der Waals surface area contributed by atoms with Crippen molar-refractivity contribution in [3.05, 3.63) is 35.9 Å². The van der Waals surface area contributed by atoms with Gasteiger partial charge in [0, 0.05) is 30.9 Å². The number of rotatable bonds is 9. The largest absolute Gasteiger partial charge is 0.387 e. The second-order valence-corrected chi connectivity index (χ2v) is 9.39. The summed E-state index contributed by atoms with van der Waals surface area (Å²) in [5, 5.41) is 18.0. The van der Waals surface area contributed by atoms with Gasteiger partial charge in [0.2, 0.25) is 0 Å². The van der Waals surface area contributed by atoms with Gasteiger partial charge in [0.25, 0.3) is 0 Å². The topological polar surface area (TPSA) is 59.9 Å². The van der Waals surface area contributed by atoms with Crippen LogP contribution in [-0.2, 0) is 6.54 Å². The minimum atomic E-state index is -0.629. The molecule has 1 saturated heterocycles. The van der Waals surface area contributed by atoms with E-state index in [0.29, 0.717) is 17.8 Å². The van der Waals surface area contributed by atoms with Crippen LogP contribution >= 0.6 is 35.7 Å². The Bertz CT molecular complexity index is 632. The number of hydrogen-bond donors (Lipinski definition) is 3. The Morgan fingerprint density at radius 2 is 2.03 bits per heavy atom. The molecule has 1 saturated carbocycles. The van der Waals surface area contributed by atoms with E-state index in [2.05, 4.69) is 59.7 Å². The Kier molecular flexibility index (Phi) is 10.6. The molecular weight excluding hydrogens is 495 g/mol. The standard InChI is InChI=1S/C22H36N4OS.HI/c1-3-23-21(25-17-22(27)13-12-20(22)28-4-2)24-15-19-11-8-14-26(19)16-18-9-6-5-7-10-18;/h5-7,9-10,19-20,27H,3-4,8,11-17H2,1-2H3,(H2,23,24,25);1H. The first-order valence-electron chi connectivity index (χ1n) is 10.8. The first kappa shape index (κ1) is 24.8. The van der Waals surface area contributed by atoms with Crippen LogP contribution in [0.4, 0.5) is 0 Å². The van der Waals surface area contributed by atoms with Crippen molar-refractivity contribution in [2.75, 3.05) is 31.9 Å². The van der Waals surface area contributed by atoms with Crippen LogP contribution < -0.4 is 10.6 Å². The number of nitrogens with zero attached hydrogens (tertiary/aromatic N) is 2. The lowest BCUT2D eigenvalue weighted by atomic mass is 9.79. The maximum atomic E-state index is 10.8. The van der Waals surface area contributed by atoms with Crippen molar-refractivity contribution in [3.63, 3.8) is 0 Å². The molecule has 0 aromatic heterocycles. The SMILES string of the molecule is CCNC(=NCC1(O)CCC1SCC)NCC1CCCN1Cc1ccccc1.I. The molecular formula is C22H37IN4OS. The molecule has 1 aromatic carbocycles. The van der Waals surface area contributed by atoms with Crippen LogP contribution in [0.15, 0.2) is 35.3 Å². The van der Waals surface area contributed by atoms with Gasteiger partial charge in [-0.3, -0.25) is 9.89 Å². The predicted molar refractivity (Wildman–Crippen MR) is 135 cm³/mol. The third-order valence-electron chi connectivity index (χ3n) is 5.89. The second kappa shape index (κ2) is 12.4. The molecule has 3 atom stereocenters. The van der Waals surface area contributed by atoms with E-state index in [0.717, 1.165) is 50.7 Å². The molecule has 0 bridgehead atoms. The zero-order valence-electron chi connectivity index (χ0n) is 17.8. The van der Waals surface area contributed by atoms with E-state index in [1.165, 1.54) is 18.4 Å². The summed E-state index contributed by atoms with van der Waals surface area (Å²) in [5.74, 6) is 1.88. The third-order valence-corrected chi connectivity index (χ3v) is 7.30. The number of nitrogens with one attached hydrogen (secondary N) is 2. The molecule has 1 aliphatic carbocycles. The van der Waals surface area contributed by atoms with Crippen molar-refractivity contribution in [2.45, 2.75) is 63.0 Å². The fourth-order valence-electron chi connectivity index (χ4n) is 4.14. The molecule has 1 aliphatic heterocycles. The van der Waals surface area contributed by atoms with E-state index < -0.39 is 5.60 Å². The summed E-state index contributed by atoms with van der Waals surface area (Å²) in [6.45, 7) is 8.61. The summed E-state index contributed by atoms with van der Waals surface area (Å²) in [7, 11) is 0. The average molecular weight is 533 g/mol. The van der Waals surface area contributed by atoms with Crippen LogP contribution in [0.3, 0.4) is 0 Å². The molecule has 3 rings (SSSR count). The molecule has 0 spiro atoms. The van der Waals surface area contributed by atoms with E-state index in [-0.39, 0.29) is 24.0 Å². The maximum Gasteiger partial charge on any atom is 0.191 e. The fourth-order valence-corrected chi connectivity index (χ4v) is 5.33. The Morgan fingerprint density at radius 1 is 1.24 bits per heavy atom. The minimum Gasteiger partial charge on any atom is -0.387 e. The Hall–Kier alpha value is -0.510. The molecule has 1 aromatic rings. The molecule has 164 valence electrons. The van der Waals surface area contributed by atoms with Crippen molar-refractivity contribution < 1.29 is 5.11 Å². The normalized spacial score (nSPS) is 27.2. The Balaban J connectivity index is 0.00000300. The maximum absolute atomic E-state index is 10.8. The number of thioether (sulfide) groups is 1. The van der Waals surface area contributed by atoms with Gasteiger partial charge in [-0.05, 0) is 50.5 Å². The van der Waals surface area contributed by atoms with Crippen LogP contribution in [0.2, 0.25) is 0 Å². The highest BCUT2D eigenvalue weighted by Gasteiger charge is 2.45. The van der Waals surface area contributed by atoms with Gasteiger partial charge < -0.3 is 15.7 Å².